The van der Waals surface area contributed by atoms with Crippen molar-refractivity contribution < 1.29 is 19.5 Å². The molecule has 0 bridgehead atoms. The van der Waals surface area contributed by atoms with Crippen molar-refractivity contribution in [2.75, 3.05) is 10.6 Å². The van der Waals surface area contributed by atoms with Gasteiger partial charge in [-0.2, -0.15) is 0 Å². The van der Waals surface area contributed by atoms with Crippen LogP contribution in [-0.4, -0.2) is 22.9 Å². The summed E-state index contributed by atoms with van der Waals surface area (Å²) in [6, 6.07) is 28.8. The fraction of sp³-hybridized carbons (Fsp3) is 0.129. The zero-order valence-electron chi connectivity index (χ0n) is 21.1. The quantitative estimate of drug-likeness (QED) is 0.205. The largest absolute Gasteiger partial charge is 0.478 e. The molecule has 0 heterocycles. The molecule has 0 fully saturated rings. The van der Waals surface area contributed by atoms with Crippen molar-refractivity contribution in [3.63, 3.8) is 0 Å². The van der Waals surface area contributed by atoms with Crippen LogP contribution in [0.3, 0.4) is 0 Å². The maximum Gasteiger partial charge on any atom is 0.336 e. The number of carboxylic acid groups (broad SMARTS) is 1. The summed E-state index contributed by atoms with van der Waals surface area (Å²) < 4.78 is 0. The van der Waals surface area contributed by atoms with Crippen LogP contribution in [0.4, 0.5) is 11.4 Å². The number of para-hydroxylation sites is 1. The predicted molar refractivity (Wildman–Crippen MR) is 152 cm³/mol. The first-order valence-electron chi connectivity index (χ1n) is 12.2. The van der Waals surface area contributed by atoms with Gasteiger partial charge in [0.15, 0.2) is 0 Å². The van der Waals surface area contributed by atoms with Gasteiger partial charge in [-0.25, -0.2) is 4.79 Å². The molecule has 7 heteroatoms. The average Bonchev–Trinajstić information content (AvgIpc) is 2.94. The summed E-state index contributed by atoms with van der Waals surface area (Å²) in [6.45, 7) is 4.05. The van der Waals surface area contributed by atoms with Crippen LogP contribution in [0.15, 0.2) is 102 Å². The van der Waals surface area contributed by atoms with Gasteiger partial charge in [0.1, 0.15) is 5.25 Å². The van der Waals surface area contributed by atoms with E-state index in [9.17, 15) is 19.5 Å². The van der Waals surface area contributed by atoms with Gasteiger partial charge in [0.2, 0.25) is 5.91 Å². The summed E-state index contributed by atoms with van der Waals surface area (Å²) in [5, 5.41) is 14.8. The van der Waals surface area contributed by atoms with Crippen molar-refractivity contribution in [1.82, 2.24) is 0 Å². The molecule has 1 unspecified atom stereocenters. The number of anilines is 2. The Morgan fingerprint density at radius 1 is 0.789 bits per heavy atom. The maximum atomic E-state index is 13.6. The van der Waals surface area contributed by atoms with Gasteiger partial charge in [-0.15, -0.1) is 11.8 Å². The van der Waals surface area contributed by atoms with Crippen LogP contribution >= 0.6 is 11.8 Å². The van der Waals surface area contributed by atoms with E-state index < -0.39 is 17.1 Å². The molecule has 0 aliphatic rings. The molecular formula is C31H28N2O4S. The Kier molecular flexibility index (Phi) is 8.61. The molecule has 0 radical (unpaired) electrons. The highest BCUT2D eigenvalue weighted by Crippen LogP contribution is 2.37. The summed E-state index contributed by atoms with van der Waals surface area (Å²) in [4.78, 5) is 38.6. The predicted octanol–water partition coefficient (Wildman–Crippen LogP) is 6.98. The van der Waals surface area contributed by atoms with Gasteiger partial charge in [0.25, 0.3) is 5.91 Å². The summed E-state index contributed by atoms with van der Waals surface area (Å²) in [7, 11) is 0. The smallest absolute Gasteiger partial charge is 0.336 e. The molecule has 6 nitrogen and oxygen atoms in total. The number of amides is 2. The van der Waals surface area contributed by atoms with Gasteiger partial charge in [0.05, 0.1) is 11.1 Å². The number of hydrogen-bond donors (Lipinski definition) is 3. The lowest BCUT2D eigenvalue weighted by atomic mass is 10.1. The summed E-state index contributed by atoms with van der Waals surface area (Å²) >= 11 is 1.42. The number of rotatable bonds is 9. The molecule has 0 aliphatic heterocycles. The number of carboxylic acids is 1. The van der Waals surface area contributed by atoms with Crippen molar-refractivity contribution in [2.45, 2.75) is 30.4 Å². The Morgan fingerprint density at radius 3 is 2.11 bits per heavy atom. The van der Waals surface area contributed by atoms with Crippen LogP contribution in [0, 0.1) is 6.92 Å². The number of benzene rings is 4. The lowest BCUT2D eigenvalue weighted by molar-refractivity contribution is -0.115. The molecule has 0 aromatic heterocycles. The third-order valence-corrected chi connectivity index (χ3v) is 7.36. The average molecular weight is 525 g/mol. The second-order valence-electron chi connectivity index (χ2n) is 8.69. The molecule has 3 N–H and O–H groups in total. The van der Waals surface area contributed by atoms with Gasteiger partial charge in [-0.3, -0.25) is 9.59 Å². The van der Waals surface area contributed by atoms with Gasteiger partial charge in [-0.05, 0) is 66.4 Å². The molecule has 2 amide bonds. The Hall–Kier alpha value is -4.36. The van der Waals surface area contributed by atoms with E-state index in [1.165, 1.54) is 23.9 Å². The first-order valence-corrected chi connectivity index (χ1v) is 13.1. The number of nitrogens with one attached hydrogen (secondary N) is 2. The molecule has 38 heavy (non-hydrogen) atoms. The topological polar surface area (TPSA) is 95.5 Å². The van der Waals surface area contributed by atoms with Crippen molar-refractivity contribution in [2.24, 2.45) is 0 Å². The second-order valence-corrected chi connectivity index (χ2v) is 9.87. The van der Waals surface area contributed by atoms with Crippen LogP contribution in [0.1, 0.15) is 49.6 Å². The Bertz CT molecular complexity index is 1450. The number of carbonyl (C=O) groups is 3. The molecule has 4 rings (SSSR count). The molecule has 4 aromatic carbocycles. The Morgan fingerprint density at radius 2 is 1.45 bits per heavy atom. The third-order valence-electron chi connectivity index (χ3n) is 6.10. The third kappa shape index (κ3) is 6.30. The zero-order valence-corrected chi connectivity index (χ0v) is 21.9. The van der Waals surface area contributed by atoms with Gasteiger partial charge < -0.3 is 15.7 Å². The summed E-state index contributed by atoms with van der Waals surface area (Å²) in [5.74, 6) is -1.78. The number of aromatic carboxylic acids is 1. The number of carbonyl (C=O) groups excluding carboxylic acids is 2. The van der Waals surface area contributed by atoms with Crippen molar-refractivity contribution in [3.8, 4) is 0 Å². The lowest BCUT2D eigenvalue weighted by Crippen LogP contribution is -2.20. The van der Waals surface area contributed by atoms with Crippen LogP contribution in [0.5, 0.6) is 0 Å². The molecule has 192 valence electrons. The SMILES string of the molecule is CCc1cccc(C)c1NC(=O)C(Sc1ccc(NC(=O)c2ccccc2C(=O)O)cc1)c1ccccc1. The van der Waals surface area contributed by atoms with Gasteiger partial charge >= 0.3 is 5.97 Å². The fourth-order valence-corrected chi connectivity index (χ4v) is 5.14. The minimum absolute atomic E-state index is 0.0613. The highest BCUT2D eigenvalue weighted by molar-refractivity contribution is 8.00. The fourth-order valence-electron chi connectivity index (χ4n) is 4.11. The highest BCUT2D eigenvalue weighted by atomic mass is 32.2. The van der Waals surface area contributed by atoms with Gasteiger partial charge in [0, 0.05) is 16.3 Å². The van der Waals surface area contributed by atoms with Crippen LogP contribution in [0.25, 0.3) is 0 Å². The zero-order chi connectivity index (χ0) is 27.1. The molecule has 0 saturated carbocycles. The Labute approximate surface area is 226 Å². The lowest BCUT2D eigenvalue weighted by Gasteiger charge is -2.20. The van der Waals surface area contributed by atoms with E-state index >= 15 is 0 Å². The normalized spacial score (nSPS) is 11.4. The van der Waals surface area contributed by atoms with Crippen molar-refractivity contribution >= 4 is 40.9 Å². The van der Waals surface area contributed by atoms with E-state index in [2.05, 4.69) is 17.6 Å². The summed E-state index contributed by atoms with van der Waals surface area (Å²) in [5.41, 5.74) is 4.37. The van der Waals surface area contributed by atoms with Crippen LogP contribution < -0.4 is 10.6 Å². The second kappa shape index (κ2) is 12.3. The first kappa shape index (κ1) is 26.7. The minimum Gasteiger partial charge on any atom is -0.478 e. The molecule has 0 spiro atoms. The van der Waals surface area contributed by atoms with E-state index in [1.54, 1.807) is 24.3 Å². The molecular weight excluding hydrogens is 496 g/mol. The number of thioether (sulfide) groups is 1. The van der Waals surface area contributed by atoms with Crippen molar-refractivity contribution in [1.29, 1.82) is 0 Å². The van der Waals surface area contributed by atoms with E-state index in [0.717, 1.165) is 33.7 Å². The van der Waals surface area contributed by atoms with E-state index in [4.69, 9.17) is 0 Å². The Balaban J connectivity index is 1.53. The maximum absolute atomic E-state index is 13.6. The van der Waals surface area contributed by atoms with Crippen molar-refractivity contribution in [3.05, 3.63) is 125 Å². The minimum atomic E-state index is -1.16. The van der Waals surface area contributed by atoms with Gasteiger partial charge in [-0.1, -0.05) is 67.6 Å². The van der Waals surface area contributed by atoms with Crippen LogP contribution in [-0.2, 0) is 11.2 Å². The monoisotopic (exact) mass is 524 g/mol. The molecule has 0 saturated heterocycles. The standard InChI is InChI=1S/C31H28N2O4S/c1-3-21-13-9-10-20(2)27(21)33-30(35)28(22-11-5-4-6-12-22)38-24-18-16-23(17-19-24)32-29(34)25-14-7-8-15-26(25)31(36)37/h4-19,28H,3H2,1-2H3,(H,32,34)(H,33,35)(H,36,37). The van der Waals surface area contributed by atoms with E-state index in [-0.39, 0.29) is 17.0 Å². The highest BCUT2D eigenvalue weighted by Gasteiger charge is 2.23. The summed E-state index contributed by atoms with van der Waals surface area (Å²) in [6.07, 6.45) is 0.810. The van der Waals surface area contributed by atoms with E-state index in [0.29, 0.717) is 5.69 Å². The van der Waals surface area contributed by atoms with Crippen LogP contribution in [0.2, 0.25) is 0 Å². The molecule has 4 aromatic rings. The first-order chi connectivity index (χ1) is 18.4. The van der Waals surface area contributed by atoms with E-state index in [1.807, 2.05) is 67.6 Å². The molecule has 0 aliphatic carbocycles. The number of aryl methyl sites for hydroxylation is 2. The number of hydrogen-bond acceptors (Lipinski definition) is 4. The molecule has 1 atom stereocenters.